The van der Waals surface area contributed by atoms with Gasteiger partial charge in [0.25, 0.3) is 0 Å². The van der Waals surface area contributed by atoms with Crippen molar-refractivity contribution in [3.05, 3.63) is 65.6 Å². The zero-order chi connectivity index (χ0) is 24.4. The van der Waals surface area contributed by atoms with Crippen LogP contribution in [-0.2, 0) is 16.6 Å². The van der Waals surface area contributed by atoms with E-state index in [4.69, 9.17) is 15.7 Å². The average molecular weight is 484 g/mol. The number of nitrogens with two attached hydrogens (primary N) is 1. The van der Waals surface area contributed by atoms with Gasteiger partial charge in [-0.3, -0.25) is 9.89 Å². The van der Waals surface area contributed by atoms with E-state index >= 15 is 0 Å². The Bertz CT molecular complexity index is 1520. The summed E-state index contributed by atoms with van der Waals surface area (Å²) in [4.78, 5) is 23.6. The van der Waals surface area contributed by atoms with E-state index in [1.54, 1.807) is 12.3 Å². The molecule has 1 saturated heterocycles. The van der Waals surface area contributed by atoms with Crippen molar-refractivity contribution in [3.63, 3.8) is 0 Å². The van der Waals surface area contributed by atoms with Crippen LogP contribution in [0.15, 0.2) is 48.7 Å². The molecular formula is C27H26FN7O. The molecule has 1 aliphatic carbocycles. The molecule has 2 fully saturated rings. The molecule has 8 nitrogen and oxygen atoms in total. The molecule has 0 unspecified atom stereocenters. The maximum Gasteiger partial charge on any atom is 0.224 e. The molecule has 0 spiro atoms. The molecule has 2 aromatic carbocycles. The molecule has 9 heteroatoms. The summed E-state index contributed by atoms with van der Waals surface area (Å²) in [5.41, 5.74) is 11.5. The molecule has 4 heterocycles. The van der Waals surface area contributed by atoms with Gasteiger partial charge < -0.3 is 16.0 Å². The van der Waals surface area contributed by atoms with E-state index in [0.29, 0.717) is 30.0 Å². The number of rotatable bonds is 4. The van der Waals surface area contributed by atoms with Crippen LogP contribution in [0, 0.1) is 17.7 Å². The van der Waals surface area contributed by atoms with Crippen LogP contribution >= 0.6 is 0 Å². The summed E-state index contributed by atoms with van der Waals surface area (Å²) in [6.45, 7) is 2.02. The van der Waals surface area contributed by atoms with Gasteiger partial charge in [-0.1, -0.05) is 30.3 Å². The number of halogens is 1. The minimum absolute atomic E-state index is 0.0339. The lowest BCUT2D eigenvalue weighted by Gasteiger charge is -2.26. The number of carbonyl (C=O) groups is 1. The molecule has 3 aliphatic rings. The third-order valence-electron chi connectivity index (χ3n) is 8.41. The van der Waals surface area contributed by atoms with Gasteiger partial charge in [0.05, 0.1) is 11.9 Å². The Hall–Kier alpha value is -3.85. The van der Waals surface area contributed by atoms with E-state index in [-0.39, 0.29) is 23.1 Å². The lowest BCUT2D eigenvalue weighted by atomic mass is 9.91. The normalized spacial score (nSPS) is 24.8. The number of aromatic amines is 1. The average Bonchev–Trinajstić information content (AvgIpc) is 3.36. The third-order valence-corrected chi connectivity index (χ3v) is 8.41. The lowest BCUT2D eigenvalue weighted by molar-refractivity contribution is -0.116. The van der Waals surface area contributed by atoms with Crippen molar-refractivity contribution < 1.29 is 9.18 Å². The Morgan fingerprint density at radius 1 is 1.17 bits per heavy atom. The molecular weight excluding hydrogens is 457 g/mol. The van der Waals surface area contributed by atoms with Crippen molar-refractivity contribution in [3.8, 4) is 11.3 Å². The number of hydrogen-bond acceptors (Lipinski definition) is 6. The second-order valence-electron chi connectivity index (χ2n) is 10.1. The Morgan fingerprint density at radius 3 is 2.92 bits per heavy atom. The number of aromatic nitrogens is 4. The van der Waals surface area contributed by atoms with Crippen LogP contribution in [0.25, 0.3) is 22.4 Å². The predicted octanol–water partition coefficient (Wildman–Crippen LogP) is 3.40. The molecule has 0 bridgehead atoms. The quantitative estimate of drug-likeness (QED) is 0.410. The molecule has 1 saturated carbocycles. The van der Waals surface area contributed by atoms with E-state index in [9.17, 15) is 9.18 Å². The largest absolute Gasteiger partial charge is 0.355 e. The van der Waals surface area contributed by atoms with Gasteiger partial charge in [0.2, 0.25) is 11.6 Å². The van der Waals surface area contributed by atoms with Crippen LogP contribution in [0.2, 0.25) is 0 Å². The predicted molar refractivity (Wildman–Crippen MR) is 135 cm³/mol. The van der Waals surface area contributed by atoms with Gasteiger partial charge in [0, 0.05) is 42.7 Å². The highest BCUT2D eigenvalue weighted by atomic mass is 19.1. The molecule has 1 amide bonds. The minimum atomic E-state index is -0.307. The Labute approximate surface area is 207 Å². The van der Waals surface area contributed by atoms with Crippen LogP contribution in [0.3, 0.4) is 0 Å². The van der Waals surface area contributed by atoms with Crippen LogP contribution in [0.4, 0.5) is 15.9 Å². The number of aryl methyl sites for hydroxylation is 1. The highest BCUT2D eigenvalue weighted by molar-refractivity contribution is 5.96. The zero-order valence-electron chi connectivity index (χ0n) is 19.7. The van der Waals surface area contributed by atoms with Gasteiger partial charge in [-0.2, -0.15) is 5.10 Å². The summed E-state index contributed by atoms with van der Waals surface area (Å²) in [5, 5.41) is 10.5. The lowest BCUT2D eigenvalue weighted by Crippen LogP contribution is -2.32. The number of anilines is 2. The third kappa shape index (κ3) is 3.08. The monoisotopic (exact) mass is 483 g/mol. The molecule has 36 heavy (non-hydrogen) atoms. The van der Waals surface area contributed by atoms with Crippen molar-refractivity contribution >= 4 is 28.6 Å². The topological polar surface area (TPSA) is 113 Å². The van der Waals surface area contributed by atoms with Gasteiger partial charge in [-0.05, 0) is 47.9 Å². The molecule has 2 aromatic heterocycles. The first-order valence-electron chi connectivity index (χ1n) is 12.4. The summed E-state index contributed by atoms with van der Waals surface area (Å²) in [7, 11) is 0. The standard InChI is InChI=1S/C27H26FN7O/c28-20-4-2-1-3-18(20)27(14-29)17-9-10-35(13-19(17)27)22-12-30-25-24(33-34-26(25)32-22)16-6-5-15-7-8-23(36)31-21(15)11-16/h1-6,11-12,17,19H,7-10,13-14,29H2,(H,31,36)(H,32,33,34)/t17-,19+,27-/m1/s1. The fourth-order valence-electron chi connectivity index (χ4n) is 6.50. The van der Waals surface area contributed by atoms with Gasteiger partial charge in [-0.25, -0.2) is 14.4 Å². The number of nitrogens with one attached hydrogen (secondary N) is 2. The Morgan fingerprint density at radius 2 is 2.06 bits per heavy atom. The van der Waals surface area contributed by atoms with Crippen molar-refractivity contribution in [2.24, 2.45) is 17.6 Å². The number of benzene rings is 2. The first kappa shape index (κ1) is 21.4. The van der Waals surface area contributed by atoms with Crippen molar-refractivity contribution in [2.75, 3.05) is 29.9 Å². The first-order chi connectivity index (χ1) is 17.6. The highest BCUT2D eigenvalue weighted by Gasteiger charge is 2.66. The summed E-state index contributed by atoms with van der Waals surface area (Å²) < 4.78 is 14.7. The molecule has 7 rings (SSSR count). The second-order valence-corrected chi connectivity index (χ2v) is 10.1. The van der Waals surface area contributed by atoms with E-state index in [1.165, 1.54) is 6.07 Å². The number of amides is 1. The molecule has 0 radical (unpaired) electrons. The smallest absolute Gasteiger partial charge is 0.224 e. The van der Waals surface area contributed by atoms with E-state index in [0.717, 1.165) is 59.8 Å². The number of carbonyl (C=O) groups excluding carboxylic acids is 1. The summed E-state index contributed by atoms with van der Waals surface area (Å²) in [6, 6.07) is 13.0. The fraction of sp³-hybridized carbons (Fsp3) is 0.333. The summed E-state index contributed by atoms with van der Waals surface area (Å²) >= 11 is 0. The van der Waals surface area contributed by atoms with Crippen molar-refractivity contribution in [2.45, 2.75) is 24.7 Å². The number of H-pyrrole nitrogens is 1. The molecule has 2 aliphatic heterocycles. The van der Waals surface area contributed by atoms with Crippen LogP contribution in [-0.4, -0.2) is 45.7 Å². The summed E-state index contributed by atoms with van der Waals surface area (Å²) in [6.07, 6.45) is 3.98. The number of piperidine rings is 1. The molecule has 3 atom stereocenters. The van der Waals surface area contributed by atoms with Crippen molar-refractivity contribution in [1.29, 1.82) is 0 Å². The zero-order valence-corrected chi connectivity index (χ0v) is 19.7. The Balaban J connectivity index is 1.16. The van der Waals surface area contributed by atoms with Crippen molar-refractivity contribution in [1.82, 2.24) is 20.2 Å². The molecule has 182 valence electrons. The number of fused-ring (bicyclic) bond motifs is 3. The van der Waals surface area contributed by atoms with Gasteiger partial charge >= 0.3 is 0 Å². The first-order valence-corrected chi connectivity index (χ1v) is 12.4. The number of hydrogen-bond donors (Lipinski definition) is 3. The van der Waals surface area contributed by atoms with Gasteiger partial charge in [0.15, 0.2) is 0 Å². The van der Waals surface area contributed by atoms with Crippen LogP contribution in [0.5, 0.6) is 0 Å². The Kier molecular flexibility index (Phi) is 4.66. The maximum atomic E-state index is 14.7. The second kappa shape index (κ2) is 7.83. The molecule has 4 N–H and O–H groups in total. The fourth-order valence-corrected chi connectivity index (χ4v) is 6.50. The van der Waals surface area contributed by atoms with Gasteiger partial charge in [0.1, 0.15) is 17.2 Å². The SMILES string of the molecule is NC[C@]1(c2ccccc2F)[C@@H]2CCN(c3cnc4c(-c5ccc6c(c5)NC(=O)CC6)[nH]nc4n3)C[C@@H]21. The maximum absolute atomic E-state index is 14.7. The van der Waals surface area contributed by atoms with Gasteiger partial charge in [-0.15, -0.1) is 0 Å². The van der Waals surface area contributed by atoms with E-state index in [2.05, 4.69) is 20.4 Å². The minimum Gasteiger partial charge on any atom is -0.355 e. The highest BCUT2D eigenvalue weighted by Crippen LogP contribution is 2.63. The van der Waals surface area contributed by atoms with Crippen LogP contribution in [0.1, 0.15) is 24.0 Å². The van der Waals surface area contributed by atoms with E-state index in [1.807, 2.05) is 30.3 Å². The van der Waals surface area contributed by atoms with E-state index < -0.39 is 0 Å². The van der Waals surface area contributed by atoms with Crippen LogP contribution < -0.4 is 16.0 Å². The molecule has 4 aromatic rings. The number of nitrogens with zero attached hydrogens (tertiary/aromatic N) is 4. The summed E-state index contributed by atoms with van der Waals surface area (Å²) in [5.74, 6) is 1.30.